The van der Waals surface area contributed by atoms with Crippen LogP contribution in [0, 0.1) is 19.3 Å². The normalized spacial score (nSPS) is 24.4. The predicted octanol–water partition coefficient (Wildman–Crippen LogP) is 2.75. The molecule has 2 N–H and O–H groups in total. The van der Waals surface area contributed by atoms with Crippen LogP contribution in [0.3, 0.4) is 0 Å². The van der Waals surface area contributed by atoms with Crippen molar-refractivity contribution in [3.05, 3.63) is 65.2 Å². The molecular weight excluding hydrogens is 362 g/mol. The van der Waals surface area contributed by atoms with Crippen molar-refractivity contribution >= 4 is 15.8 Å². The molecule has 5 nitrogen and oxygen atoms in total. The molecule has 144 valence electrons. The maximum Gasteiger partial charge on any atom is 0.315 e. The fraction of sp³-hybridized carbons (Fsp3) is 0.381. The van der Waals surface area contributed by atoms with Crippen LogP contribution in [-0.2, 0) is 19.4 Å². The van der Waals surface area contributed by atoms with Gasteiger partial charge < -0.3 is 10.5 Å². The van der Waals surface area contributed by atoms with Crippen molar-refractivity contribution < 1.29 is 17.9 Å². The molecule has 3 rings (SSSR count). The zero-order valence-corrected chi connectivity index (χ0v) is 16.6. The Bertz CT molecular complexity index is 935. The minimum atomic E-state index is -3.75. The molecular formula is C21H25NO4S. The summed E-state index contributed by atoms with van der Waals surface area (Å²) in [5.41, 5.74) is 7.55. The summed E-state index contributed by atoms with van der Waals surface area (Å²) < 4.78 is 32.0. The largest absolute Gasteiger partial charge is 0.465 e. The number of rotatable bonds is 6. The van der Waals surface area contributed by atoms with Crippen molar-refractivity contribution in [2.75, 3.05) is 13.2 Å². The first-order valence-corrected chi connectivity index (χ1v) is 10.6. The fourth-order valence-electron chi connectivity index (χ4n) is 3.82. The third kappa shape index (κ3) is 3.17. The summed E-state index contributed by atoms with van der Waals surface area (Å²) >= 11 is 0. The minimum Gasteiger partial charge on any atom is -0.465 e. The molecule has 0 heterocycles. The van der Waals surface area contributed by atoms with E-state index < -0.39 is 32.4 Å². The lowest BCUT2D eigenvalue weighted by atomic mass is 9.98. The number of hydrogen-bond acceptors (Lipinski definition) is 5. The van der Waals surface area contributed by atoms with E-state index in [9.17, 15) is 13.2 Å². The summed E-state index contributed by atoms with van der Waals surface area (Å²) in [5, 5.41) is -0.931. The second-order valence-corrected chi connectivity index (χ2v) is 9.20. The summed E-state index contributed by atoms with van der Waals surface area (Å²) in [5.74, 6) is -1.06. The van der Waals surface area contributed by atoms with Crippen molar-refractivity contribution in [2.45, 2.75) is 36.8 Å². The van der Waals surface area contributed by atoms with Gasteiger partial charge in [-0.25, -0.2) is 8.42 Å². The Morgan fingerprint density at radius 2 is 1.56 bits per heavy atom. The van der Waals surface area contributed by atoms with Crippen molar-refractivity contribution in [3.63, 3.8) is 0 Å². The number of sulfone groups is 1. The van der Waals surface area contributed by atoms with E-state index in [4.69, 9.17) is 10.5 Å². The fourth-order valence-corrected chi connectivity index (χ4v) is 6.20. The molecule has 3 atom stereocenters. The lowest BCUT2D eigenvalue weighted by molar-refractivity contribution is -0.149. The molecule has 2 aromatic rings. The Kier molecular flexibility index (Phi) is 5.14. The lowest BCUT2D eigenvalue weighted by Crippen LogP contribution is -2.33. The van der Waals surface area contributed by atoms with E-state index in [1.54, 1.807) is 31.2 Å². The highest BCUT2D eigenvalue weighted by molar-refractivity contribution is 7.92. The lowest BCUT2D eigenvalue weighted by Gasteiger charge is -2.14. The second kappa shape index (κ2) is 7.09. The van der Waals surface area contributed by atoms with Gasteiger partial charge in [0.1, 0.15) is 5.41 Å². The average molecular weight is 388 g/mol. The highest BCUT2D eigenvalue weighted by Crippen LogP contribution is 2.64. The van der Waals surface area contributed by atoms with E-state index in [-0.39, 0.29) is 18.0 Å². The Morgan fingerprint density at radius 3 is 2.04 bits per heavy atom. The van der Waals surface area contributed by atoms with E-state index in [1.165, 1.54) is 0 Å². The van der Waals surface area contributed by atoms with E-state index in [0.717, 1.165) is 16.7 Å². The molecule has 6 heteroatoms. The summed E-state index contributed by atoms with van der Waals surface area (Å²) in [6.45, 7) is 5.65. The molecule has 3 unspecified atom stereocenters. The quantitative estimate of drug-likeness (QED) is 0.770. The van der Waals surface area contributed by atoms with Gasteiger partial charge in [-0.15, -0.1) is 0 Å². The molecule has 1 aliphatic rings. The maximum absolute atomic E-state index is 13.4. The molecule has 0 bridgehead atoms. The van der Waals surface area contributed by atoms with Crippen LogP contribution in [-0.4, -0.2) is 32.8 Å². The molecule has 0 amide bonds. The number of aryl methyl sites for hydroxylation is 2. The number of carbonyl (C=O) groups excluding carboxylic acids is 1. The van der Waals surface area contributed by atoms with Crippen LogP contribution in [0.5, 0.6) is 0 Å². The maximum atomic E-state index is 13.4. The second-order valence-electron chi connectivity index (χ2n) is 7.13. The van der Waals surface area contributed by atoms with Crippen LogP contribution >= 0.6 is 0 Å². The first kappa shape index (κ1) is 19.6. The summed E-state index contributed by atoms with van der Waals surface area (Å²) in [6.07, 6.45) is 0. The van der Waals surface area contributed by atoms with E-state index in [1.807, 2.05) is 38.1 Å². The van der Waals surface area contributed by atoms with Gasteiger partial charge in [-0.05, 0) is 38.5 Å². The van der Waals surface area contributed by atoms with Crippen LogP contribution in [0.15, 0.2) is 53.4 Å². The topological polar surface area (TPSA) is 86.5 Å². The summed E-state index contributed by atoms with van der Waals surface area (Å²) in [7, 11) is -3.75. The first-order valence-electron chi connectivity index (χ1n) is 9.03. The molecule has 0 aromatic heterocycles. The van der Waals surface area contributed by atoms with Gasteiger partial charge in [-0.1, -0.05) is 47.5 Å². The molecule has 1 aliphatic carbocycles. The number of benzene rings is 2. The van der Waals surface area contributed by atoms with Gasteiger partial charge in [-0.2, -0.15) is 0 Å². The zero-order valence-electron chi connectivity index (χ0n) is 15.8. The van der Waals surface area contributed by atoms with Gasteiger partial charge in [0.25, 0.3) is 0 Å². The average Bonchev–Trinajstić information content (AvgIpc) is 3.34. The highest BCUT2D eigenvalue weighted by Gasteiger charge is 2.75. The zero-order chi connectivity index (χ0) is 19.8. The summed E-state index contributed by atoms with van der Waals surface area (Å²) in [6, 6.07) is 14.2. The Labute approximate surface area is 160 Å². The number of esters is 1. The third-order valence-electron chi connectivity index (χ3n) is 5.37. The van der Waals surface area contributed by atoms with Gasteiger partial charge in [0.15, 0.2) is 9.84 Å². The van der Waals surface area contributed by atoms with Crippen LogP contribution in [0.2, 0.25) is 0 Å². The van der Waals surface area contributed by atoms with E-state index in [0.29, 0.717) is 0 Å². The van der Waals surface area contributed by atoms with Gasteiger partial charge in [-0.3, -0.25) is 4.79 Å². The number of carbonyl (C=O) groups is 1. The monoisotopic (exact) mass is 387 g/mol. The molecule has 2 aromatic carbocycles. The molecule has 1 saturated carbocycles. The van der Waals surface area contributed by atoms with Crippen LogP contribution in [0.25, 0.3) is 0 Å². The van der Waals surface area contributed by atoms with E-state index >= 15 is 0 Å². The molecule has 1 fully saturated rings. The molecule has 0 spiro atoms. The smallest absolute Gasteiger partial charge is 0.315 e. The van der Waals surface area contributed by atoms with Crippen LogP contribution in [0.1, 0.15) is 29.5 Å². The number of ether oxygens (including phenoxy) is 1. The Hall–Kier alpha value is -2.18. The molecule has 27 heavy (non-hydrogen) atoms. The standard InChI is InChI=1S/C21H25NO4S/c1-4-26-20(23)21(13-22)18(16-9-5-14(2)6-10-16)19(21)27(24,25)17-11-7-15(3)8-12-17/h5-12,18-19H,4,13,22H2,1-3H3. The highest BCUT2D eigenvalue weighted by atomic mass is 32.2. The van der Waals surface area contributed by atoms with Gasteiger partial charge in [0.05, 0.1) is 16.8 Å². The molecule has 0 radical (unpaired) electrons. The van der Waals surface area contributed by atoms with Gasteiger partial charge >= 0.3 is 5.97 Å². The van der Waals surface area contributed by atoms with E-state index in [2.05, 4.69) is 0 Å². The van der Waals surface area contributed by atoms with Crippen molar-refractivity contribution in [1.29, 1.82) is 0 Å². The predicted molar refractivity (Wildman–Crippen MR) is 104 cm³/mol. The first-order chi connectivity index (χ1) is 12.8. The Balaban J connectivity index is 2.10. The molecule has 0 saturated heterocycles. The summed E-state index contributed by atoms with van der Waals surface area (Å²) in [4.78, 5) is 13.0. The van der Waals surface area contributed by atoms with Crippen LogP contribution < -0.4 is 5.73 Å². The minimum absolute atomic E-state index is 0.0832. The van der Waals surface area contributed by atoms with Crippen molar-refractivity contribution in [3.8, 4) is 0 Å². The van der Waals surface area contributed by atoms with Crippen molar-refractivity contribution in [2.24, 2.45) is 11.1 Å². The third-order valence-corrected chi connectivity index (χ3v) is 7.66. The Morgan fingerprint density at radius 1 is 1.04 bits per heavy atom. The van der Waals surface area contributed by atoms with Crippen molar-refractivity contribution in [1.82, 2.24) is 0 Å². The number of nitrogens with two attached hydrogens (primary N) is 1. The van der Waals surface area contributed by atoms with Gasteiger partial charge in [0.2, 0.25) is 0 Å². The SMILES string of the molecule is CCOC(=O)C1(CN)C(c2ccc(C)cc2)C1S(=O)(=O)c1ccc(C)cc1. The number of hydrogen-bond donors (Lipinski definition) is 1. The van der Waals surface area contributed by atoms with Gasteiger partial charge in [0, 0.05) is 12.5 Å². The molecule has 0 aliphatic heterocycles. The van der Waals surface area contributed by atoms with Crippen LogP contribution in [0.4, 0.5) is 0 Å².